The summed E-state index contributed by atoms with van der Waals surface area (Å²) >= 11 is 0. The lowest BCUT2D eigenvalue weighted by molar-refractivity contribution is -0.146. The van der Waals surface area contributed by atoms with Crippen molar-refractivity contribution in [1.29, 1.82) is 0 Å². The molecule has 0 amide bonds. The third-order valence-corrected chi connectivity index (χ3v) is 2.51. The predicted molar refractivity (Wildman–Crippen MR) is 51.1 cm³/mol. The van der Waals surface area contributed by atoms with Crippen LogP contribution < -0.4 is 0 Å². The highest BCUT2D eigenvalue weighted by atomic mass is 16.5. The first kappa shape index (κ1) is 12.4. The van der Waals surface area contributed by atoms with Crippen LogP contribution in [0.5, 0.6) is 0 Å². The molecule has 1 heterocycles. The fourth-order valence-corrected chi connectivity index (χ4v) is 1.79. The third kappa shape index (κ3) is 3.13. The number of likely N-dealkylation sites (tertiary alicyclic amines) is 1. The summed E-state index contributed by atoms with van der Waals surface area (Å²) in [5.41, 5.74) is 0. The monoisotopic (exact) mass is 219 g/mol. The summed E-state index contributed by atoms with van der Waals surface area (Å²) < 4.78 is 4.59. The smallest absolute Gasteiger partial charge is 0.323 e. The van der Waals surface area contributed by atoms with E-state index in [9.17, 15) is 15.0 Å². The second kappa shape index (κ2) is 5.41. The molecule has 88 valence electrons. The van der Waals surface area contributed by atoms with Crippen molar-refractivity contribution in [2.24, 2.45) is 0 Å². The van der Waals surface area contributed by atoms with Gasteiger partial charge in [0.2, 0.25) is 0 Å². The Bertz CT molecular complexity index is 223. The lowest BCUT2D eigenvalue weighted by atomic mass is 10.2. The van der Waals surface area contributed by atoms with Crippen LogP contribution >= 0.6 is 0 Å². The Morgan fingerprint density at radius 1 is 1.67 bits per heavy atom. The van der Waals surface area contributed by atoms with Gasteiger partial charge in [0, 0.05) is 19.5 Å². The van der Waals surface area contributed by atoms with Crippen LogP contribution in [-0.4, -0.2) is 71.2 Å². The molecule has 0 saturated carbocycles. The van der Waals surface area contributed by atoms with Crippen molar-refractivity contribution in [2.45, 2.75) is 24.7 Å². The van der Waals surface area contributed by atoms with Gasteiger partial charge in [0.05, 0.1) is 25.9 Å². The quantitative estimate of drug-likeness (QED) is 0.471. The van der Waals surface area contributed by atoms with Crippen molar-refractivity contribution in [1.82, 2.24) is 4.90 Å². The molecule has 0 spiro atoms. The van der Waals surface area contributed by atoms with E-state index in [4.69, 9.17) is 5.11 Å². The minimum atomic E-state index is -0.901. The molecule has 1 aliphatic heterocycles. The van der Waals surface area contributed by atoms with Crippen LogP contribution in [0.1, 0.15) is 6.42 Å². The van der Waals surface area contributed by atoms with Gasteiger partial charge in [-0.3, -0.25) is 9.69 Å². The summed E-state index contributed by atoms with van der Waals surface area (Å²) in [5.74, 6) is -0.420. The zero-order valence-corrected chi connectivity index (χ0v) is 8.67. The highest BCUT2D eigenvalue weighted by Crippen LogP contribution is 2.19. The van der Waals surface area contributed by atoms with Gasteiger partial charge in [-0.05, 0) is 0 Å². The maximum Gasteiger partial charge on any atom is 0.323 e. The zero-order valence-electron chi connectivity index (χ0n) is 8.67. The number of rotatable bonds is 4. The molecule has 0 radical (unpaired) electrons. The molecule has 0 aromatic heterocycles. The van der Waals surface area contributed by atoms with Gasteiger partial charge in [-0.25, -0.2) is 0 Å². The van der Waals surface area contributed by atoms with Gasteiger partial charge < -0.3 is 20.1 Å². The van der Waals surface area contributed by atoms with Crippen molar-refractivity contribution in [3.8, 4) is 0 Å². The molecule has 0 aliphatic carbocycles. The molecule has 3 N–H and O–H groups in total. The lowest BCUT2D eigenvalue weighted by Gasteiger charge is -2.23. The zero-order chi connectivity index (χ0) is 11.4. The molecule has 6 nitrogen and oxygen atoms in total. The van der Waals surface area contributed by atoms with E-state index in [1.165, 1.54) is 7.11 Å². The van der Waals surface area contributed by atoms with E-state index in [0.29, 0.717) is 13.0 Å². The number of nitrogens with zero attached hydrogens (tertiary/aromatic N) is 1. The standard InChI is InChI=1S/C9H17NO5/c1-15-9(14)8-2-6(12)3-10(8)4-7(13)5-11/h6-8,11-13H,2-5H2,1H3. The Balaban J connectivity index is 2.56. The van der Waals surface area contributed by atoms with Gasteiger partial charge >= 0.3 is 5.97 Å². The second-order valence-electron chi connectivity index (χ2n) is 3.72. The molecule has 1 rings (SSSR count). The highest BCUT2D eigenvalue weighted by Gasteiger charge is 2.37. The number of hydrogen-bond donors (Lipinski definition) is 3. The van der Waals surface area contributed by atoms with Gasteiger partial charge in [0.1, 0.15) is 6.04 Å². The largest absolute Gasteiger partial charge is 0.468 e. The number of ether oxygens (including phenoxy) is 1. The van der Waals surface area contributed by atoms with E-state index in [0.717, 1.165) is 0 Å². The number of aliphatic hydroxyl groups excluding tert-OH is 3. The summed E-state index contributed by atoms with van der Waals surface area (Å²) in [4.78, 5) is 12.9. The average Bonchev–Trinajstić information content (AvgIpc) is 2.58. The Hall–Kier alpha value is -0.690. The summed E-state index contributed by atoms with van der Waals surface area (Å²) in [5, 5.41) is 27.3. The number of esters is 1. The Kier molecular flexibility index (Phi) is 4.46. The van der Waals surface area contributed by atoms with Gasteiger partial charge in [0.15, 0.2) is 0 Å². The van der Waals surface area contributed by atoms with Gasteiger partial charge in [-0.15, -0.1) is 0 Å². The Morgan fingerprint density at radius 2 is 2.33 bits per heavy atom. The molecule has 15 heavy (non-hydrogen) atoms. The minimum Gasteiger partial charge on any atom is -0.468 e. The normalized spacial score (nSPS) is 29.1. The Morgan fingerprint density at radius 3 is 2.87 bits per heavy atom. The molecule has 1 aliphatic rings. The van der Waals surface area contributed by atoms with Crippen LogP contribution in [0.25, 0.3) is 0 Å². The maximum absolute atomic E-state index is 11.3. The molecular weight excluding hydrogens is 202 g/mol. The highest BCUT2D eigenvalue weighted by molar-refractivity contribution is 5.76. The van der Waals surface area contributed by atoms with E-state index in [1.54, 1.807) is 4.90 Å². The van der Waals surface area contributed by atoms with E-state index >= 15 is 0 Å². The maximum atomic E-state index is 11.3. The minimum absolute atomic E-state index is 0.160. The van der Waals surface area contributed by atoms with E-state index in [-0.39, 0.29) is 13.2 Å². The van der Waals surface area contributed by atoms with Crippen LogP contribution in [0, 0.1) is 0 Å². The van der Waals surface area contributed by atoms with Crippen molar-refractivity contribution >= 4 is 5.97 Å². The molecule has 0 aromatic carbocycles. The molecule has 3 atom stereocenters. The average molecular weight is 219 g/mol. The molecule has 0 aromatic rings. The number of aliphatic hydroxyl groups is 3. The van der Waals surface area contributed by atoms with Gasteiger partial charge in [-0.1, -0.05) is 0 Å². The van der Waals surface area contributed by atoms with Crippen LogP contribution in [-0.2, 0) is 9.53 Å². The summed E-state index contributed by atoms with van der Waals surface area (Å²) in [6.45, 7) is 0.116. The van der Waals surface area contributed by atoms with Crippen LogP contribution in [0.15, 0.2) is 0 Å². The molecule has 1 saturated heterocycles. The van der Waals surface area contributed by atoms with Gasteiger partial charge in [0.25, 0.3) is 0 Å². The molecule has 6 heteroatoms. The Labute approximate surface area is 88.1 Å². The topological polar surface area (TPSA) is 90.2 Å². The number of hydrogen-bond acceptors (Lipinski definition) is 6. The first-order valence-electron chi connectivity index (χ1n) is 4.87. The van der Waals surface area contributed by atoms with Crippen molar-refractivity contribution < 1.29 is 24.9 Å². The van der Waals surface area contributed by atoms with Crippen molar-refractivity contribution in [3.05, 3.63) is 0 Å². The predicted octanol–water partition coefficient (Wildman–Crippen LogP) is -2.05. The second-order valence-corrected chi connectivity index (χ2v) is 3.72. The van der Waals surface area contributed by atoms with Crippen LogP contribution in [0.3, 0.4) is 0 Å². The van der Waals surface area contributed by atoms with E-state index < -0.39 is 24.2 Å². The summed E-state index contributed by atoms with van der Waals surface area (Å²) in [6, 6.07) is -0.522. The number of methoxy groups -OCH3 is 1. The van der Waals surface area contributed by atoms with Crippen LogP contribution in [0.4, 0.5) is 0 Å². The third-order valence-electron chi connectivity index (χ3n) is 2.51. The molecular formula is C9H17NO5. The molecule has 0 bridgehead atoms. The fourth-order valence-electron chi connectivity index (χ4n) is 1.79. The first-order valence-corrected chi connectivity index (χ1v) is 4.87. The van der Waals surface area contributed by atoms with Crippen molar-refractivity contribution in [2.75, 3.05) is 26.8 Å². The van der Waals surface area contributed by atoms with Crippen molar-refractivity contribution in [3.63, 3.8) is 0 Å². The fraction of sp³-hybridized carbons (Fsp3) is 0.889. The number of β-amino-alcohol motifs (C(OH)–C–C–N with tert-alkyl or cyclic N) is 2. The van der Waals surface area contributed by atoms with E-state index in [2.05, 4.69) is 4.74 Å². The molecule has 1 fully saturated rings. The van der Waals surface area contributed by atoms with Crippen LogP contribution in [0.2, 0.25) is 0 Å². The number of carbonyl (C=O) groups excluding carboxylic acids is 1. The first-order chi connectivity index (χ1) is 7.08. The van der Waals surface area contributed by atoms with Gasteiger partial charge in [-0.2, -0.15) is 0 Å². The SMILES string of the molecule is COC(=O)C1CC(O)CN1CC(O)CO. The lowest BCUT2D eigenvalue weighted by Crippen LogP contribution is -2.42. The molecule has 3 unspecified atom stereocenters. The summed E-state index contributed by atoms with van der Waals surface area (Å²) in [6.07, 6.45) is -1.17. The summed E-state index contributed by atoms with van der Waals surface area (Å²) in [7, 11) is 1.29. The van der Waals surface area contributed by atoms with E-state index in [1.807, 2.05) is 0 Å². The number of carbonyl (C=O) groups is 1.